The molecule has 2 aromatic heterocycles. The average molecular weight is 573 g/mol. The van der Waals surface area contributed by atoms with Gasteiger partial charge in [0.1, 0.15) is 29.3 Å². The first-order valence-corrected chi connectivity index (χ1v) is 13.9. The second-order valence-corrected chi connectivity index (χ2v) is 9.90. The van der Waals surface area contributed by atoms with Crippen molar-refractivity contribution in [3.63, 3.8) is 0 Å². The molecule has 2 heterocycles. The van der Waals surface area contributed by atoms with Gasteiger partial charge in [-0.2, -0.15) is 5.26 Å². The molecular formula is C28H24N6O4S2. The van der Waals surface area contributed by atoms with Gasteiger partial charge in [0.15, 0.2) is 5.13 Å². The zero-order chi connectivity index (χ0) is 28.5. The van der Waals surface area contributed by atoms with Gasteiger partial charge in [-0.15, -0.1) is 11.3 Å². The van der Waals surface area contributed by atoms with Gasteiger partial charge in [-0.05, 0) is 48.9 Å². The molecular weight excluding hydrogens is 548 g/mol. The molecule has 0 atom stereocenters. The van der Waals surface area contributed by atoms with E-state index in [0.717, 1.165) is 11.4 Å². The number of pyridine rings is 1. The monoisotopic (exact) mass is 572 g/mol. The van der Waals surface area contributed by atoms with Gasteiger partial charge in [0, 0.05) is 22.4 Å². The molecule has 202 valence electrons. The number of hydrogen-bond acceptors (Lipinski definition) is 11. The molecule has 0 bridgehead atoms. The third kappa shape index (κ3) is 6.68. The zero-order valence-electron chi connectivity index (χ0n) is 21.4. The van der Waals surface area contributed by atoms with E-state index < -0.39 is 0 Å². The third-order valence-corrected chi connectivity index (χ3v) is 7.26. The molecule has 4 aromatic rings. The summed E-state index contributed by atoms with van der Waals surface area (Å²) in [7, 11) is 0. The average Bonchev–Trinajstić information content (AvgIpc) is 3.42. The van der Waals surface area contributed by atoms with Gasteiger partial charge in [-0.1, -0.05) is 23.9 Å². The molecule has 10 nitrogen and oxygen atoms in total. The van der Waals surface area contributed by atoms with E-state index >= 15 is 0 Å². The lowest BCUT2D eigenvalue weighted by molar-refractivity contribution is 0.0526. The number of aliphatic hydroxyl groups excluding tert-OH is 1. The number of rotatable bonds is 11. The molecule has 0 aliphatic rings. The SMILES string of the molecule is [C-]#[N+]c1c(N)nc(SCc2csc(Nc3ccc(C(=O)OCC)cc3)n2)c(C#N)c1-c1ccc(OCCO)cc1. The number of hydrogen-bond donors (Lipinski definition) is 3. The number of nitrogens with two attached hydrogens (primary N) is 1. The van der Waals surface area contributed by atoms with Crippen molar-refractivity contribution in [1.82, 2.24) is 9.97 Å². The van der Waals surface area contributed by atoms with E-state index in [9.17, 15) is 10.1 Å². The number of ether oxygens (including phenoxy) is 2. The molecule has 40 heavy (non-hydrogen) atoms. The minimum Gasteiger partial charge on any atom is -0.491 e. The number of aliphatic hydroxyl groups is 1. The predicted octanol–water partition coefficient (Wildman–Crippen LogP) is 5.79. The molecule has 2 aromatic carbocycles. The molecule has 4 N–H and O–H groups in total. The largest absolute Gasteiger partial charge is 0.491 e. The zero-order valence-corrected chi connectivity index (χ0v) is 23.0. The topological polar surface area (TPSA) is 148 Å². The molecule has 0 fully saturated rings. The quantitative estimate of drug-likeness (QED) is 0.114. The lowest BCUT2D eigenvalue weighted by atomic mass is 10.00. The summed E-state index contributed by atoms with van der Waals surface area (Å²) < 4.78 is 10.4. The van der Waals surface area contributed by atoms with Gasteiger partial charge in [0.2, 0.25) is 5.69 Å². The van der Waals surface area contributed by atoms with Crippen molar-refractivity contribution in [2.75, 3.05) is 30.9 Å². The number of benzene rings is 2. The molecule has 0 aliphatic carbocycles. The van der Waals surface area contributed by atoms with Gasteiger partial charge >= 0.3 is 5.97 Å². The van der Waals surface area contributed by atoms with Crippen molar-refractivity contribution >= 4 is 51.4 Å². The fourth-order valence-corrected chi connectivity index (χ4v) is 5.38. The van der Waals surface area contributed by atoms with Crippen molar-refractivity contribution in [2.45, 2.75) is 17.7 Å². The minimum atomic E-state index is -0.370. The van der Waals surface area contributed by atoms with Crippen molar-refractivity contribution in [3.8, 4) is 22.9 Å². The summed E-state index contributed by atoms with van der Waals surface area (Å²) in [5.41, 5.74) is 9.56. The fraction of sp³-hybridized carbons (Fsp3) is 0.179. The molecule has 0 unspecified atom stereocenters. The Morgan fingerprint density at radius 1 is 1.23 bits per heavy atom. The van der Waals surface area contributed by atoms with E-state index in [1.165, 1.54) is 23.1 Å². The minimum absolute atomic E-state index is 0.0407. The Kier molecular flexibility index (Phi) is 9.54. The van der Waals surface area contributed by atoms with E-state index in [4.69, 9.17) is 26.9 Å². The van der Waals surface area contributed by atoms with Gasteiger partial charge in [-0.3, -0.25) is 0 Å². The van der Waals surface area contributed by atoms with Gasteiger partial charge < -0.3 is 25.6 Å². The summed E-state index contributed by atoms with van der Waals surface area (Å²) in [6.07, 6.45) is 0. The highest BCUT2D eigenvalue weighted by atomic mass is 32.2. The number of nitriles is 1. The number of esters is 1. The standard InChI is InChI=1S/C28H24N6O4S2/c1-3-37-27(36)18-4-8-19(9-5-18)32-28-33-20(16-40-28)15-39-26-22(14-29)23(24(31-2)25(30)34-26)17-6-10-21(11-7-17)38-13-12-35/h4-11,16,35H,3,12-13,15H2,1H3,(H2,30,34)(H,32,33). The Balaban J connectivity index is 1.51. The predicted molar refractivity (Wildman–Crippen MR) is 155 cm³/mol. The summed E-state index contributed by atoms with van der Waals surface area (Å²) in [4.78, 5) is 24.4. The summed E-state index contributed by atoms with van der Waals surface area (Å²) >= 11 is 2.73. The lowest BCUT2D eigenvalue weighted by Crippen LogP contribution is -2.04. The number of thiazole rings is 1. The summed E-state index contributed by atoms with van der Waals surface area (Å²) in [5.74, 6) is 0.649. The number of anilines is 3. The second kappa shape index (κ2) is 13.4. The number of nitrogens with one attached hydrogen (secondary N) is 1. The van der Waals surface area contributed by atoms with Crippen molar-refractivity contribution in [2.24, 2.45) is 0 Å². The smallest absolute Gasteiger partial charge is 0.338 e. The van der Waals surface area contributed by atoms with Gasteiger partial charge in [0.05, 0.1) is 36.6 Å². The summed E-state index contributed by atoms with van der Waals surface area (Å²) in [6.45, 7) is 9.76. The van der Waals surface area contributed by atoms with Crippen LogP contribution >= 0.6 is 23.1 Å². The first-order valence-electron chi connectivity index (χ1n) is 12.0. The second-order valence-electron chi connectivity index (χ2n) is 8.08. The van der Waals surface area contributed by atoms with E-state index in [2.05, 4.69) is 26.2 Å². The van der Waals surface area contributed by atoms with Gasteiger partial charge in [-0.25, -0.2) is 19.6 Å². The van der Waals surface area contributed by atoms with Crippen LogP contribution in [0.2, 0.25) is 0 Å². The van der Waals surface area contributed by atoms with Crippen molar-refractivity contribution in [1.29, 1.82) is 5.26 Å². The maximum Gasteiger partial charge on any atom is 0.338 e. The van der Waals surface area contributed by atoms with Gasteiger partial charge in [0.25, 0.3) is 0 Å². The normalized spacial score (nSPS) is 10.4. The Morgan fingerprint density at radius 2 is 1.98 bits per heavy atom. The number of carbonyl (C=O) groups is 1. The third-order valence-electron chi connectivity index (χ3n) is 5.45. The Bertz CT molecular complexity index is 1570. The van der Waals surface area contributed by atoms with Crippen molar-refractivity contribution < 1.29 is 19.4 Å². The first kappa shape index (κ1) is 28.4. The molecule has 0 saturated carbocycles. The molecule has 12 heteroatoms. The van der Waals surface area contributed by atoms with E-state index in [1.807, 2.05) is 5.38 Å². The van der Waals surface area contributed by atoms with Crippen molar-refractivity contribution in [3.05, 3.63) is 82.1 Å². The highest BCUT2D eigenvalue weighted by Gasteiger charge is 2.21. The molecule has 0 saturated heterocycles. The number of carbonyl (C=O) groups excluding carboxylic acids is 1. The maximum atomic E-state index is 11.8. The van der Waals surface area contributed by atoms with Crippen LogP contribution in [0.15, 0.2) is 58.9 Å². The van der Waals surface area contributed by atoms with Crippen LogP contribution in [-0.4, -0.2) is 40.9 Å². The van der Waals surface area contributed by atoms with Crippen LogP contribution in [0, 0.1) is 17.9 Å². The van der Waals surface area contributed by atoms with Crippen LogP contribution in [0.1, 0.15) is 28.5 Å². The molecule has 0 amide bonds. The number of nitrogens with zero attached hydrogens (tertiary/aromatic N) is 4. The first-order chi connectivity index (χ1) is 19.5. The highest BCUT2D eigenvalue weighted by Crippen LogP contribution is 2.42. The number of aromatic nitrogens is 2. The number of thioether (sulfide) groups is 1. The molecule has 0 radical (unpaired) electrons. The highest BCUT2D eigenvalue weighted by molar-refractivity contribution is 7.98. The molecule has 0 spiro atoms. The van der Waals surface area contributed by atoms with Crippen LogP contribution in [0.25, 0.3) is 16.0 Å². The van der Waals surface area contributed by atoms with Crippen LogP contribution < -0.4 is 15.8 Å². The summed E-state index contributed by atoms with van der Waals surface area (Å²) in [6, 6.07) is 16.0. The van der Waals surface area contributed by atoms with E-state index in [-0.39, 0.29) is 36.3 Å². The van der Waals surface area contributed by atoms with Crippen LogP contribution in [0.5, 0.6) is 5.75 Å². The maximum absolute atomic E-state index is 11.8. The summed E-state index contributed by atoms with van der Waals surface area (Å²) in [5, 5.41) is 25.2. The van der Waals surface area contributed by atoms with Crippen LogP contribution in [-0.2, 0) is 10.5 Å². The molecule has 4 rings (SSSR count). The van der Waals surface area contributed by atoms with Crippen LogP contribution in [0.3, 0.4) is 0 Å². The van der Waals surface area contributed by atoms with E-state index in [0.29, 0.717) is 45.0 Å². The molecule has 0 aliphatic heterocycles. The number of nitrogen functional groups attached to an aromatic ring is 1. The van der Waals surface area contributed by atoms with Crippen LogP contribution in [0.4, 0.5) is 22.3 Å². The lowest BCUT2D eigenvalue weighted by Gasteiger charge is -2.13. The van der Waals surface area contributed by atoms with E-state index in [1.54, 1.807) is 55.5 Å². The Morgan fingerprint density at radius 3 is 2.62 bits per heavy atom. The Hall–Kier alpha value is -4.62. The Labute approximate surface area is 239 Å². The fourth-order valence-electron chi connectivity index (χ4n) is 3.66.